The van der Waals surface area contributed by atoms with Crippen molar-refractivity contribution in [3.8, 4) is 0 Å². The lowest BCUT2D eigenvalue weighted by Gasteiger charge is -2.53. The zero-order valence-electron chi connectivity index (χ0n) is 15.7. The van der Waals surface area contributed by atoms with Crippen molar-refractivity contribution in [2.24, 2.45) is 0 Å². The molecule has 3 aliphatic rings. The van der Waals surface area contributed by atoms with Crippen LogP contribution in [-0.2, 0) is 22.6 Å². The molecule has 2 aliphatic heterocycles. The minimum absolute atomic E-state index is 0.0101. The number of nitrogens with zero attached hydrogens (tertiary/aromatic N) is 1. The van der Waals surface area contributed by atoms with Crippen LogP contribution >= 0.6 is 0 Å². The first-order valence-corrected chi connectivity index (χ1v) is 9.70. The van der Waals surface area contributed by atoms with Gasteiger partial charge in [0.15, 0.2) is 0 Å². The Labute approximate surface area is 156 Å². The Morgan fingerprint density at radius 2 is 1.38 bits per heavy atom. The molecule has 2 aromatic carbocycles. The Balaban J connectivity index is 1.49. The van der Waals surface area contributed by atoms with Crippen molar-refractivity contribution < 1.29 is 9.47 Å². The number of hydrogen-bond acceptors (Lipinski definition) is 3. The van der Waals surface area contributed by atoms with Gasteiger partial charge in [-0.25, -0.2) is 0 Å². The van der Waals surface area contributed by atoms with Crippen LogP contribution in [0.3, 0.4) is 0 Å². The van der Waals surface area contributed by atoms with Crippen molar-refractivity contribution in [1.29, 1.82) is 0 Å². The third kappa shape index (κ3) is 3.85. The summed E-state index contributed by atoms with van der Waals surface area (Å²) in [5, 5.41) is 0. The van der Waals surface area contributed by atoms with E-state index in [4.69, 9.17) is 9.47 Å². The summed E-state index contributed by atoms with van der Waals surface area (Å²) in [6, 6.07) is 21.5. The molecule has 2 aromatic rings. The number of methoxy groups -OCH3 is 1. The normalized spacial score (nSPS) is 27.8. The summed E-state index contributed by atoms with van der Waals surface area (Å²) < 4.78 is 12.2. The van der Waals surface area contributed by atoms with Gasteiger partial charge in [-0.15, -0.1) is 0 Å². The Hall–Kier alpha value is -1.68. The third-order valence-electron chi connectivity index (χ3n) is 6.16. The minimum Gasteiger partial charge on any atom is -0.376 e. The Kier molecular flexibility index (Phi) is 5.12. The van der Waals surface area contributed by atoms with Crippen LogP contribution in [0.2, 0.25) is 0 Å². The molecule has 0 unspecified atom stereocenters. The van der Waals surface area contributed by atoms with Gasteiger partial charge in [0.05, 0.1) is 17.8 Å². The molecule has 1 saturated carbocycles. The molecule has 0 N–H and O–H groups in total. The minimum atomic E-state index is -0.0224. The van der Waals surface area contributed by atoms with E-state index in [1.165, 1.54) is 11.1 Å². The van der Waals surface area contributed by atoms with E-state index >= 15 is 0 Å². The topological polar surface area (TPSA) is 21.7 Å². The molecule has 3 fully saturated rings. The average molecular weight is 351 g/mol. The lowest BCUT2D eigenvalue weighted by Crippen LogP contribution is -2.59. The molecular formula is C23H29NO2. The largest absolute Gasteiger partial charge is 0.376 e. The highest BCUT2D eigenvalue weighted by molar-refractivity contribution is 5.17. The highest BCUT2D eigenvalue weighted by Crippen LogP contribution is 2.45. The summed E-state index contributed by atoms with van der Waals surface area (Å²) in [4.78, 5) is 2.55. The molecule has 3 nitrogen and oxygen atoms in total. The van der Waals surface area contributed by atoms with Gasteiger partial charge >= 0.3 is 0 Å². The maximum Gasteiger partial charge on any atom is 0.0913 e. The first kappa shape index (κ1) is 17.7. The highest BCUT2D eigenvalue weighted by Gasteiger charge is 2.50. The second-order valence-electron chi connectivity index (χ2n) is 7.98. The molecule has 0 aromatic heterocycles. The smallest absolute Gasteiger partial charge is 0.0913 e. The Morgan fingerprint density at radius 1 is 0.846 bits per heavy atom. The van der Waals surface area contributed by atoms with Crippen LogP contribution in [0.5, 0.6) is 0 Å². The van der Waals surface area contributed by atoms with Gasteiger partial charge in [-0.2, -0.15) is 0 Å². The fourth-order valence-corrected chi connectivity index (χ4v) is 4.46. The summed E-state index contributed by atoms with van der Waals surface area (Å²) >= 11 is 0. The molecule has 2 heterocycles. The molecule has 2 saturated heterocycles. The summed E-state index contributed by atoms with van der Waals surface area (Å²) in [5.41, 5.74) is 2.69. The second-order valence-corrected chi connectivity index (χ2v) is 7.98. The molecular weight excluding hydrogens is 322 g/mol. The summed E-state index contributed by atoms with van der Waals surface area (Å²) in [5.74, 6) is 0. The van der Waals surface area contributed by atoms with E-state index in [0.717, 1.165) is 51.9 Å². The SMILES string of the molecule is COC12CCC(CN(Cc3ccccc3)Cc3ccccc3)(CC1)OC2. The number of hydrogen-bond donors (Lipinski definition) is 0. The van der Waals surface area contributed by atoms with Gasteiger partial charge < -0.3 is 9.47 Å². The Morgan fingerprint density at radius 3 is 1.81 bits per heavy atom. The van der Waals surface area contributed by atoms with Crippen molar-refractivity contribution in [3.63, 3.8) is 0 Å². The molecule has 0 radical (unpaired) electrons. The highest BCUT2D eigenvalue weighted by atomic mass is 16.6. The molecule has 3 heteroatoms. The first-order valence-electron chi connectivity index (χ1n) is 9.70. The van der Waals surface area contributed by atoms with E-state index in [1.807, 2.05) is 7.11 Å². The third-order valence-corrected chi connectivity index (χ3v) is 6.16. The van der Waals surface area contributed by atoms with Gasteiger partial charge in [-0.05, 0) is 36.8 Å². The molecule has 0 amide bonds. The second kappa shape index (κ2) is 7.51. The van der Waals surface area contributed by atoms with E-state index in [9.17, 15) is 0 Å². The van der Waals surface area contributed by atoms with Crippen molar-refractivity contribution in [1.82, 2.24) is 4.90 Å². The van der Waals surface area contributed by atoms with Crippen molar-refractivity contribution in [2.75, 3.05) is 20.3 Å². The predicted molar refractivity (Wildman–Crippen MR) is 104 cm³/mol. The standard InChI is InChI=1S/C23H29NO2/c1-25-23-14-12-22(13-15-23,26-19-23)18-24(16-20-8-4-2-5-9-20)17-21-10-6-3-7-11-21/h2-11H,12-19H2,1H3. The summed E-state index contributed by atoms with van der Waals surface area (Å²) in [6.45, 7) is 3.64. The lowest BCUT2D eigenvalue weighted by atomic mass is 9.72. The summed E-state index contributed by atoms with van der Waals surface area (Å²) in [6.07, 6.45) is 4.43. The van der Waals surface area contributed by atoms with E-state index in [1.54, 1.807) is 0 Å². The van der Waals surface area contributed by atoms with E-state index in [-0.39, 0.29) is 11.2 Å². The van der Waals surface area contributed by atoms with Crippen LogP contribution in [0, 0.1) is 0 Å². The number of benzene rings is 2. The Bertz CT molecular complexity index is 635. The average Bonchev–Trinajstić information content (AvgIpc) is 2.71. The van der Waals surface area contributed by atoms with Gasteiger partial charge in [0.25, 0.3) is 0 Å². The molecule has 5 rings (SSSR count). The fourth-order valence-electron chi connectivity index (χ4n) is 4.46. The number of fused-ring (bicyclic) bond motifs is 3. The number of ether oxygens (including phenoxy) is 2. The van der Waals surface area contributed by atoms with Crippen molar-refractivity contribution >= 4 is 0 Å². The van der Waals surface area contributed by atoms with Crippen molar-refractivity contribution in [2.45, 2.75) is 50.0 Å². The first-order chi connectivity index (χ1) is 12.7. The molecule has 0 spiro atoms. The monoisotopic (exact) mass is 351 g/mol. The maximum absolute atomic E-state index is 6.40. The van der Waals surface area contributed by atoms with Crippen LogP contribution < -0.4 is 0 Å². The van der Waals surface area contributed by atoms with Crippen LogP contribution in [-0.4, -0.2) is 36.4 Å². The maximum atomic E-state index is 6.40. The van der Waals surface area contributed by atoms with E-state index < -0.39 is 0 Å². The molecule has 1 aliphatic carbocycles. The van der Waals surface area contributed by atoms with Gasteiger partial charge in [-0.1, -0.05) is 60.7 Å². The fraction of sp³-hybridized carbons (Fsp3) is 0.478. The molecule has 2 bridgehead atoms. The van der Waals surface area contributed by atoms with Crippen LogP contribution in [0.4, 0.5) is 0 Å². The predicted octanol–water partition coefficient (Wildman–Crippen LogP) is 4.42. The quantitative estimate of drug-likeness (QED) is 0.737. The summed E-state index contributed by atoms with van der Waals surface area (Å²) in [7, 11) is 1.83. The lowest BCUT2D eigenvalue weighted by molar-refractivity contribution is -0.232. The zero-order chi connectivity index (χ0) is 17.9. The molecule has 0 atom stereocenters. The van der Waals surface area contributed by atoms with Gasteiger partial charge in [-0.3, -0.25) is 4.90 Å². The van der Waals surface area contributed by atoms with E-state index in [0.29, 0.717) is 0 Å². The molecule has 26 heavy (non-hydrogen) atoms. The van der Waals surface area contributed by atoms with Gasteiger partial charge in [0, 0.05) is 26.7 Å². The van der Waals surface area contributed by atoms with Crippen LogP contribution in [0.15, 0.2) is 60.7 Å². The molecule has 138 valence electrons. The van der Waals surface area contributed by atoms with Crippen molar-refractivity contribution in [3.05, 3.63) is 71.8 Å². The van der Waals surface area contributed by atoms with Gasteiger partial charge in [0.1, 0.15) is 0 Å². The number of rotatable bonds is 7. The van der Waals surface area contributed by atoms with Crippen LogP contribution in [0.25, 0.3) is 0 Å². The van der Waals surface area contributed by atoms with Crippen LogP contribution in [0.1, 0.15) is 36.8 Å². The van der Waals surface area contributed by atoms with Gasteiger partial charge in [0.2, 0.25) is 0 Å². The zero-order valence-corrected chi connectivity index (χ0v) is 15.7. The van der Waals surface area contributed by atoms with E-state index in [2.05, 4.69) is 65.6 Å².